The van der Waals surface area contributed by atoms with Gasteiger partial charge in [0.05, 0.1) is 32.3 Å². The second kappa shape index (κ2) is 9.58. The molecule has 3 unspecified atom stereocenters. The molecule has 0 amide bonds. The monoisotopic (exact) mass is 490 g/mol. The lowest BCUT2D eigenvalue weighted by Crippen LogP contribution is -2.78. The van der Waals surface area contributed by atoms with Gasteiger partial charge in [-0.05, 0) is 70.9 Å². The number of quaternary nitrogens is 1. The molecule has 1 saturated heterocycles. The molecule has 1 aromatic rings. The van der Waals surface area contributed by atoms with E-state index in [0.29, 0.717) is 24.4 Å². The van der Waals surface area contributed by atoms with Gasteiger partial charge in [-0.3, -0.25) is 0 Å². The predicted molar refractivity (Wildman–Crippen MR) is 132 cm³/mol. The van der Waals surface area contributed by atoms with E-state index in [2.05, 4.69) is 27.0 Å². The van der Waals surface area contributed by atoms with E-state index in [1.165, 1.54) is 6.42 Å². The van der Waals surface area contributed by atoms with E-state index in [0.717, 1.165) is 67.7 Å². The van der Waals surface area contributed by atoms with E-state index >= 15 is 0 Å². The van der Waals surface area contributed by atoms with Gasteiger partial charge in [-0.1, -0.05) is 12.1 Å². The Kier molecular flexibility index (Phi) is 6.96. The molecular weight excluding hydrogens is 446 g/mol. The van der Waals surface area contributed by atoms with Crippen molar-refractivity contribution in [2.24, 2.45) is 17.8 Å². The van der Waals surface area contributed by atoms with Crippen molar-refractivity contribution in [2.75, 3.05) is 53.8 Å². The van der Waals surface area contributed by atoms with Crippen molar-refractivity contribution in [3.63, 3.8) is 0 Å². The van der Waals surface area contributed by atoms with Crippen LogP contribution >= 0.6 is 0 Å². The molecule has 4 aliphatic carbocycles. The summed E-state index contributed by atoms with van der Waals surface area (Å²) in [5.41, 5.74) is 0.429. The van der Waals surface area contributed by atoms with Crippen molar-refractivity contribution in [2.45, 2.75) is 69.9 Å². The second-order valence-corrected chi connectivity index (χ2v) is 11.4. The summed E-state index contributed by atoms with van der Waals surface area (Å²) in [5, 5.41) is 0. The fourth-order valence-corrected chi connectivity index (χ4v) is 7.55. The van der Waals surface area contributed by atoms with E-state index in [-0.39, 0.29) is 12.4 Å². The van der Waals surface area contributed by atoms with Crippen LogP contribution in [0.1, 0.15) is 58.4 Å². The third kappa shape index (κ3) is 4.03. The maximum atomic E-state index is 6.80. The highest BCUT2D eigenvalue weighted by Gasteiger charge is 2.78. The Balaban J connectivity index is 1.36. The molecule has 1 spiro atoms. The summed E-state index contributed by atoms with van der Waals surface area (Å²) < 4.78 is 25.3. The molecule has 7 nitrogen and oxygen atoms in total. The molecule has 35 heavy (non-hydrogen) atoms. The van der Waals surface area contributed by atoms with Crippen LogP contribution in [0.2, 0.25) is 0 Å². The van der Waals surface area contributed by atoms with Crippen LogP contribution in [0.4, 0.5) is 0 Å². The number of ether oxygens (including phenoxy) is 4. The number of nitrogens with zero attached hydrogens (tertiary/aromatic N) is 1. The van der Waals surface area contributed by atoms with Crippen LogP contribution in [0, 0.1) is 17.8 Å². The summed E-state index contributed by atoms with van der Waals surface area (Å²) in [4.78, 5) is 12.1. The average molecular weight is 491 g/mol. The van der Waals surface area contributed by atoms with E-state index in [9.17, 15) is 0 Å². The summed E-state index contributed by atoms with van der Waals surface area (Å²) in [6.07, 6.45) is 5.50. The van der Waals surface area contributed by atoms with Gasteiger partial charge in [-0.2, -0.15) is 4.89 Å². The summed E-state index contributed by atoms with van der Waals surface area (Å²) in [7, 11) is 4.07. The maximum absolute atomic E-state index is 6.80. The molecule has 196 valence electrons. The average Bonchev–Trinajstić information content (AvgIpc) is 2.84. The summed E-state index contributed by atoms with van der Waals surface area (Å²) in [6.45, 7) is 11.5. The number of methoxy groups -OCH3 is 1. The first-order valence-corrected chi connectivity index (χ1v) is 13.6. The Morgan fingerprint density at radius 1 is 1.03 bits per heavy atom. The van der Waals surface area contributed by atoms with Gasteiger partial charge < -0.3 is 23.4 Å². The highest BCUT2D eigenvalue weighted by molar-refractivity contribution is 5.36. The number of benzene rings is 1. The zero-order chi connectivity index (χ0) is 24.7. The van der Waals surface area contributed by atoms with Crippen molar-refractivity contribution in [3.05, 3.63) is 29.8 Å². The van der Waals surface area contributed by atoms with E-state index < -0.39 is 11.4 Å². The Bertz CT molecular complexity index is 868. The number of likely N-dealkylation sites (N-methyl/N-ethyl adjacent to an activating group) is 1. The first-order chi connectivity index (χ1) is 16.9. The second-order valence-electron chi connectivity index (χ2n) is 11.4. The van der Waals surface area contributed by atoms with Gasteiger partial charge in [0.15, 0.2) is 12.4 Å². The molecule has 0 N–H and O–H groups in total. The summed E-state index contributed by atoms with van der Waals surface area (Å²) in [6, 6.07) is 8.01. The predicted octanol–water partition coefficient (Wildman–Crippen LogP) is 4.64. The van der Waals surface area contributed by atoms with Crippen molar-refractivity contribution in [1.29, 1.82) is 0 Å². The topological polar surface area (TPSA) is 55.4 Å². The lowest BCUT2D eigenvalue weighted by atomic mass is 9.45. The zero-order valence-electron chi connectivity index (χ0n) is 22.2. The first-order valence-electron chi connectivity index (χ1n) is 13.6. The quantitative estimate of drug-likeness (QED) is 0.184. The minimum absolute atomic E-state index is 0.0328. The smallest absolute Gasteiger partial charge is 0.260 e. The van der Waals surface area contributed by atoms with E-state index in [1.54, 1.807) is 7.11 Å². The SMILES string of the molecule is CCOCOc1cccc(C2(OC)OOC23C2CC4CC3CC(OCC[N+](C)(CC)CC)(C4)C2)c1. The molecular formula is C28H44NO6+. The standard InChI is InChI=1S/C28H44NO6/c1-6-29(4,7-2)12-13-33-26-17-21-14-23(18-26)27(24(15-21)19-26)28(30-5,35-34-27)22-10-9-11-25(16-22)32-20-31-8-3/h9-11,16,21,23-24H,6-8,12-15,17-20H2,1-5H3/q+1. The van der Waals surface area contributed by atoms with Crippen LogP contribution in [-0.2, 0) is 29.8 Å². The Labute approximate surface area is 210 Å². The van der Waals surface area contributed by atoms with Gasteiger partial charge in [0.25, 0.3) is 5.79 Å². The van der Waals surface area contributed by atoms with Gasteiger partial charge in [0, 0.05) is 31.1 Å². The molecule has 7 heteroatoms. The van der Waals surface area contributed by atoms with Crippen LogP contribution in [0.25, 0.3) is 0 Å². The Hall–Kier alpha value is -1.22. The van der Waals surface area contributed by atoms with Crippen molar-refractivity contribution < 1.29 is 33.2 Å². The van der Waals surface area contributed by atoms with Crippen molar-refractivity contribution in [3.8, 4) is 5.75 Å². The normalized spacial score (nSPS) is 37.6. The fraction of sp³-hybridized carbons (Fsp3) is 0.786. The Morgan fingerprint density at radius 3 is 2.37 bits per heavy atom. The minimum atomic E-state index is -0.929. The van der Waals surface area contributed by atoms with Crippen LogP contribution in [0.5, 0.6) is 5.75 Å². The highest BCUT2D eigenvalue weighted by Crippen LogP contribution is 2.70. The summed E-state index contributed by atoms with van der Waals surface area (Å²) in [5.74, 6) is 1.19. The molecule has 6 rings (SSSR count). The van der Waals surface area contributed by atoms with Crippen LogP contribution in [0.15, 0.2) is 24.3 Å². The molecule has 4 bridgehead atoms. The third-order valence-corrected chi connectivity index (χ3v) is 9.74. The van der Waals surface area contributed by atoms with Crippen LogP contribution in [-0.4, -0.2) is 69.5 Å². The van der Waals surface area contributed by atoms with Gasteiger partial charge in [0.1, 0.15) is 12.3 Å². The van der Waals surface area contributed by atoms with E-state index in [4.69, 9.17) is 28.7 Å². The molecule has 3 atom stereocenters. The molecule has 5 fully saturated rings. The lowest BCUT2D eigenvalue weighted by Gasteiger charge is -2.70. The molecule has 1 heterocycles. The first kappa shape index (κ1) is 25.4. The minimum Gasteiger partial charge on any atom is -0.468 e. The molecule has 5 aliphatic rings. The molecule has 0 radical (unpaired) electrons. The molecule has 4 saturated carbocycles. The highest BCUT2D eigenvalue weighted by atomic mass is 17.3. The van der Waals surface area contributed by atoms with Crippen LogP contribution in [0.3, 0.4) is 0 Å². The van der Waals surface area contributed by atoms with E-state index in [1.807, 2.05) is 25.1 Å². The largest absolute Gasteiger partial charge is 0.468 e. The zero-order valence-corrected chi connectivity index (χ0v) is 22.2. The van der Waals surface area contributed by atoms with Crippen LogP contribution < -0.4 is 4.74 Å². The van der Waals surface area contributed by atoms with Gasteiger partial charge in [0.2, 0.25) is 0 Å². The number of rotatable bonds is 12. The molecule has 0 aromatic heterocycles. The summed E-state index contributed by atoms with van der Waals surface area (Å²) >= 11 is 0. The van der Waals surface area contributed by atoms with Crippen molar-refractivity contribution >= 4 is 0 Å². The maximum Gasteiger partial charge on any atom is 0.260 e. The lowest BCUT2D eigenvalue weighted by molar-refractivity contribution is -0.906. The van der Waals surface area contributed by atoms with Gasteiger partial charge in [-0.15, -0.1) is 0 Å². The Morgan fingerprint density at radius 2 is 1.77 bits per heavy atom. The van der Waals surface area contributed by atoms with Crippen molar-refractivity contribution in [1.82, 2.24) is 0 Å². The van der Waals surface area contributed by atoms with Gasteiger partial charge >= 0.3 is 0 Å². The molecule has 1 aromatic carbocycles. The number of hydrogen-bond acceptors (Lipinski definition) is 6. The molecule has 1 aliphatic heterocycles. The third-order valence-electron chi connectivity index (χ3n) is 9.74. The number of hydrogen-bond donors (Lipinski definition) is 0. The van der Waals surface area contributed by atoms with Gasteiger partial charge in [-0.25, -0.2) is 4.89 Å². The fourth-order valence-electron chi connectivity index (χ4n) is 7.55.